The standard InChI is InChI=1S/C20H19ClN2O3/c1-12-3-5-15(21)11-18(12)22-19(24)8-4-13-9-14-10-16(26-2)6-7-17(14)23-20(13)25/h3,5-7,9-11H,4,8H2,1-2H3,(H,22,24)(H,23,25). The molecule has 26 heavy (non-hydrogen) atoms. The summed E-state index contributed by atoms with van der Waals surface area (Å²) in [6, 6.07) is 12.6. The Morgan fingerprint density at radius 1 is 1.19 bits per heavy atom. The summed E-state index contributed by atoms with van der Waals surface area (Å²) in [5.41, 5.74) is 2.72. The highest BCUT2D eigenvalue weighted by Gasteiger charge is 2.09. The summed E-state index contributed by atoms with van der Waals surface area (Å²) < 4.78 is 5.21. The molecule has 0 saturated heterocycles. The summed E-state index contributed by atoms with van der Waals surface area (Å²) in [6.45, 7) is 1.90. The van der Waals surface area contributed by atoms with Crippen LogP contribution in [0, 0.1) is 6.92 Å². The summed E-state index contributed by atoms with van der Waals surface area (Å²) in [5, 5.41) is 4.27. The second kappa shape index (κ2) is 7.62. The molecule has 0 aliphatic rings. The number of hydrogen-bond donors (Lipinski definition) is 2. The van der Waals surface area contributed by atoms with Gasteiger partial charge >= 0.3 is 0 Å². The van der Waals surface area contributed by atoms with E-state index >= 15 is 0 Å². The van der Waals surface area contributed by atoms with Crippen LogP contribution in [0.3, 0.4) is 0 Å². The lowest BCUT2D eigenvalue weighted by Gasteiger charge is -2.09. The molecule has 0 aliphatic heterocycles. The molecule has 2 N–H and O–H groups in total. The number of aromatic amines is 1. The van der Waals surface area contributed by atoms with E-state index in [9.17, 15) is 9.59 Å². The number of benzene rings is 2. The molecule has 5 nitrogen and oxygen atoms in total. The first-order valence-corrected chi connectivity index (χ1v) is 8.60. The molecule has 6 heteroatoms. The van der Waals surface area contributed by atoms with Crippen LogP contribution in [0.25, 0.3) is 10.9 Å². The van der Waals surface area contributed by atoms with Gasteiger partial charge in [-0.1, -0.05) is 17.7 Å². The van der Waals surface area contributed by atoms with Gasteiger partial charge in [0.25, 0.3) is 5.56 Å². The fourth-order valence-electron chi connectivity index (χ4n) is 2.73. The molecule has 0 unspecified atom stereocenters. The Labute approximate surface area is 156 Å². The number of H-pyrrole nitrogens is 1. The van der Waals surface area contributed by atoms with E-state index in [1.165, 1.54) is 0 Å². The number of fused-ring (bicyclic) bond motifs is 1. The average molecular weight is 371 g/mol. The molecule has 3 rings (SSSR count). The molecular formula is C20H19ClN2O3. The van der Waals surface area contributed by atoms with Gasteiger partial charge in [0, 0.05) is 33.6 Å². The third-order valence-corrected chi connectivity index (χ3v) is 4.46. The predicted molar refractivity (Wildman–Crippen MR) is 104 cm³/mol. The van der Waals surface area contributed by atoms with Gasteiger partial charge in [0.1, 0.15) is 5.75 Å². The predicted octanol–water partition coefficient (Wildman–Crippen LogP) is 4.07. The van der Waals surface area contributed by atoms with Gasteiger partial charge in [-0.25, -0.2) is 0 Å². The first-order chi connectivity index (χ1) is 12.5. The Hall–Kier alpha value is -2.79. The number of carbonyl (C=O) groups excluding carboxylic acids is 1. The number of aromatic nitrogens is 1. The van der Waals surface area contributed by atoms with E-state index in [2.05, 4.69) is 10.3 Å². The van der Waals surface area contributed by atoms with Crippen LogP contribution >= 0.6 is 11.6 Å². The number of carbonyl (C=O) groups is 1. The van der Waals surface area contributed by atoms with E-state index in [4.69, 9.17) is 16.3 Å². The number of ether oxygens (including phenoxy) is 1. The molecule has 1 heterocycles. The highest BCUT2D eigenvalue weighted by atomic mass is 35.5. The zero-order chi connectivity index (χ0) is 18.7. The topological polar surface area (TPSA) is 71.2 Å². The zero-order valence-corrected chi connectivity index (χ0v) is 15.3. The second-order valence-corrected chi connectivity index (χ2v) is 6.52. The SMILES string of the molecule is COc1ccc2[nH]c(=O)c(CCC(=O)Nc3cc(Cl)ccc3C)cc2c1. The van der Waals surface area contributed by atoms with E-state index in [-0.39, 0.29) is 17.9 Å². The lowest BCUT2D eigenvalue weighted by molar-refractivity contribution is -0.116. The third kappa shape index (κ3) is 4.06. The zero-order valence-electron chi connectivity index (χ0n) is 14.6. The Kier molecular flexibility index (Phi) is 5.28. The molecule has 3 aromatic rings. The lowest BCUT2D eigenvalue weighted by atomic mass is 10.1. The highest BCUT2D eigenvalue weighted by Crippen LogP contribution is 2.21. The molecule has 0 radical (unpaired) electrons. The van der Waals surface area contributed by atoms with Gasteiger partial charge in [0.05, 0.1) is 7.11 Å². The number of hydrogen-bond acceptors (Lipinski definition) is 3. The maximum absolute atomic E-state index is 12.2. The molecule has 0 bridgehead atoms. The molecule has 1 amide bonds. The fourth-order valence-corrected chi connectivity index (χ4v) is 2.90. The van der Waals surface area contributed by atoms with Gasteiger partial charge in [-0.15, -0.1) is 0 Å². The molecular weight excluding hydrogens is 352 g/mol. The summed E-state index contributed by atoms with van der Waals surface area (Å²) >= 11 is 5.97. The molecule has 0 saturated carbocycles. The largest absolute Gasteiger partial charge is 0.497 e. The number of anilines is 1. The maximum atomic E-state index is 12.2. The van der Waals surface area contributed by atoms with Crippen molar-refractivity contribution in [2.24, 2.45) is 0 Å². The average Bonchev–Trinajstić information content (AvgIpc) is 2.62. The second-order valence-electron chi connectivity index (χ2n) is 6.08. The van der Waals surface area contributed by atoms with Gasteiger partial charge in [0.15, 0.2) is 0 Å². The van der Waals surface area contributed by atoms with Gasteiger partial charge in [0.2, 0.25) is 5.91 Å². The molecule has 0 spiro atoms. The summed E-state index contributed by atoms with van der Waals surface area (Å²) in [6.07, 6.45) is 0.540. The van der Waals surface area contributed by atoms with Crippen LogP contribution in [-0.2, 0) is 11.2 Å². The summed E-state index contributed by atoms with van der Waals surface area (Å²) in [4.78, 5) is 27.3. The van der Waals surface area contributed by atoms with Crippen molar-refractivity contribution in [2.75, 3.05) is 12.4 Å². The number of rotatable bonds is 5. The highest BCUT2D eigenvalue weighted by molar-refractivity contribution is 6.31. The number of methoxy groups -OCH3 is 1. The van der Waals surface area contributed by atoms with Gasteiger partial charge in [-0.3, -0.25) is 9.59 Å². The van der Waals surface area contributed by atoms with Crippen molar-refractivity contribution in [1.29, 1.82) is 0 Å². The van der Waals surface area contributed by atoms with E-state index in [0.29, 0.717) is 28.4 Å². The van der Waals surface area contributed by atoms with Crippen LogP contribution in [0.4, 0.5) is 5.69 Å². The first kappa shape index (κ1) is 18.0. The molecule has 1 aromatic heterocycles. The molecule has 0 atom stereocenters. The smallest absolute Gasteiger partial charge is 0.251 e. The van der Waals surface area contributed by atoms with Crippen molar-refractivity contribution in [3.8, 4) is 5.75 Å². The van der Waals surface area contributed by atoms with Crippen molar-refractivity contribution >= 4 is 34.1 Å². The van der Waals surface area contributed by atoms with Crippen molar-refractivity contribution in [1.82, 2.24) is 4.98 Å². The van der Waals surface area contributed by atoms with Gasteiger partial charge < -0.3 is 15.0 Å². The fraction of sp³-hybridized carbons (Fsp3) is 0.200. The van der Waals surface area contributed by atoms with Crippen molar-refractivity contribution in [2.45, 2.75) is 19.8 Å². The van der Waals surface area contributed by atoms with Crippen LogP contribution < -0.4 is 15.6 Å². The Balaban J connectivity index is 1.74. The van der Waals surface area contributed by atoms with Crippen LogP contribution in [0.15, 0.2) is 47.3 Å². The summed E-state index contributed by atoms with van der Waals surface area (Å²) in [7, 11) is 1.59. The van der Waals surface area contributed by atoms with Crippen LogP contribution in [-0.4, -0.2) is 18.0 Å². The van der Waals surface area contributed by atoms with E-state index < -0.39 is 0 Å². The Morgan fingerprint density at radius 2 is 2.00 bits per heavy atom. The molecule has 2 aromatic carbocycles. The normalized spacial score (nSPS) is 10.7. The third-order valence-electron chi connectivity index (χ3n) is 4.22. The molecule has 0 fully saturated rings. The van der Waals surface area contributed by atoms with E-state index in [1.807, 2.05) is 19.1 Å². The van der Waals surface area contributed by atoms with Crippen LogP contribution in [0.2, 0.25) is 5.02 Å². The minimum atomic E-state index is -0.186. The number of nitrogens with one attached hydrogen (secondary N) is 2. The van der Waals surface area contributed by atoms with Crippen molar-refractivity contribution < 1.29 is 9.53 Å². The number of amides is 1. The quantitative estimate of drug-likeness (QED) is 0.711. The maximum Gasteiger partial charge on any atom is 0.251 e. The lowest BCUT2D eigenvalue weighted by Crippen LogP contribution is -2.17. The van der Waals surface area contributed by atoms with Gasteiger partial charge in [-0.2, -0.15) is 0 Å². The minimum absolute atomic E-state index is 0.166. The van der Waals surface area contributed by atoms with Gasteiger partial charge in [-0.05, 0) is 55.3 Å². The minimum Gasteiger partial charge on any atom is -0.497 e. The Morgan fingerprint density at radius 3 is 2.77 bits per heavy atom. The van der Waals surface area contributed by atoms with Crippen LogP contribution in [0.1, 0.15) is 17.5 Å². The molecule has 0 aliphatic carbocycles. The van der Waals surface area contributed by atoms with E-state index in [0.717, 1.165) is 16.5 Å². The summed E-state index contributed by atoms with van der Waals surface area (Å²) in [5.74, 6) is 0.546. The van der Waals surface area contributed by atoms with Crippen LogP contribution in [0.5, 0.6) is 5.75 Å². The monoisotopic (exact) mass is 370 g/mol. The van der Waals surface area contributed by atoms with E-state index in [1.54, 1.807) is 37.4 Å². The van der Waals surface area contributed by atoms with Crippen molar-refractivity contribution in [3.05, 3.63) is 69.0 Å². The number of aryl methyl sites for hydroxylation is 2. The molecule has 134 valence electrons. The first-order valence-electron chi connectivity index (χ1n) is 8.22. The number of halogens is 1. The van der Waals surface area contributed by atoms with Crippen molar-refractivity contribution in [3.63, 3.8) is 0 Å². The Bertz CT molecular complexity index is 1030. The number of pyridine rings is 1.